The monoisotopic (exact) mass is 301 g/mol. The maximum atomic E-state index is 13.6. The number of nitrogens with zero attached hydrogens (tertiary/aromatic N) is 1. The second-order valence-corrected chi connectivity index (χ2v) is 6.98. The van der Waals surface area contributed by atoms with E-state index in [-0.39, 0.29) is 18.4 Å². The van der Waals surface area contributed by atoms with E-state index in [1.165, 1.54) is 30.6 Å². The second-order valence-electron chi connectivity index (χ2n) is 6.98. The van der Waals surface area contributed by atoms with Crippen molar-refractivity contribution in [2.75, 3.05) is 26.3 Å². The van der Waals surface area contributed by atoms with Gasteiger partial charge < -0.3 is 9.64 Å². The van der Waals surface area contributed by atoms with Crippen LogP contribution in [0.5, 0.6) is 0 Å². The minimum absolute atomic E-state index is 0.0433. The Labute approximate surface area is 125 Å². The summed E-state index contributed by atoms with van der Waals surface area (Å²) in [6, 6.07) is 0. The maximum absolute atomic E-state index is 13.6. The Morgan fingerprint density at radius 2 is 1.86 bits per heavy atom. The van der Waals surface area contributed by atoms with Crippen LogP contribution in [0, 0.1) is 17.8 Å². The quantitative estimate of drug-likeness (QED) is 0.745. The van der Waals surface area contributed by atoms with Crippen molar-refractivity contribution in [1.29, 1.82) is 0 Å². The lowest BCUT2D eigenvalue weighted by atomic mass is 9.67. The fourth-order valence-corrected chi connectivity index (χ4v) is 4.34. The molecule has 0 radical (unpaired) electrons. The fraction of sp³-hybridized carbons (Fsp3) is 0.938. The van der Waals surface area contributed by atoms with Gasteiger partial charge in [0.1, 0.15) is 6.61 Å². The van der Waals surface area contributed by atoms with Gasteiger partial charge in [0.2, 0.25) is 5.91 Å². The summed E-state index contributed by atoms with van der Waals surface area (Å²) in [6.07, 6.45) is 7.97. The number of alkyl halides is 2. The molecule has 1 heterocycles. The largest absolute Gasteiger partial charge is 0.373 e. The highest BCUT2D eigenvalue weighted by atomic mass is 19.3. The van der Waals surface area contributed by atoms with Crippen molar-refractivity contribution in [2.24, 2.45) is 17.8 Å². The van der Waals surface area contributed by atoms with Gasteiger partial charge in [-0.25, -0.2) is 8.78 Å². The molecule has 2 aliphatic carbocycles. The molecule has 3 fully saturated rings. The molecule has 1 saturated heterocycles. The van der Waals surface area contributed by atoms with Crippen molar-refractivity contribution in [3.05, 3.63) is 0 Å². The molecule has 0 aromatic carbocycles. The molecule has 3 rings (SSSR count). The summed E-state index contributed by atoms with van der Waals surface area (Å²) in [4.78, 5) is 14.0. The predicted molar refractivity (Wildman–Crippen MR) is 75.1 cm³/mol. The number of rotatable bonds is 1. The molecule has 0 aromatic heterocycles. The smallest absolute Gasteiger partial charge is 0.288 e. The van der Waals surface area contributed by atoms with Gasteiger partial charge in [-0.1, -0.05) is 25.7 Å². The van der Waals surface area contributed by atoms with E-state index < -0.39 is 19.1 Å². The van der Waals surface area contributed by atoms with Crippen molar-refractivity contribution >= 4 is 5.91 Å². The zero-order valence-corrected chi connectivity index (χ0v) is 12.5. The van der Waals surface area contributed by atoms with Crippen LogP contribution in [0.2, 0.25) is 0 Å². The SMILES string of the molecule is O=C(C1CCC2CCCCC2C1)N1CCOCC(F)(F)C1. The molecule has 0 N–H and O–H groups in total. The molecule has 0 aromatic rings. The van der Waals surface area contributed by atoms with Crippen LogP contribution >= 0.6 is 0 Å². The third kappa shape index (κ3) is 3.55. The standard InChI is InChI=1S/C16H25F2NO2/c17-16(18)10-19(7-8-21-11-16)15(20)14-6-5-12-3-1-2-4-13(12)9-14/h12-14H,1-11H2. The van der Waals surface area contributed by atoms with Crippen molar-refractivity contribution in [1.82, 2.24) is 4.90 Å². The molecule has 3 atom stereocenters. The summed E-state index contributed by atoms with van der Waals surface area (Å²) in [7, 11) is 0. The number of carbonyl (C=O) groups excluding carboxylic acids is 1. The van der Waals surface area contributed by atoms with E-state index in [1.54, 1.807) is 0 Å². The van der Waals surface area contributed by atoms with E-state index in [4.69, 9.17) is 4.74 Å². The zero-order valence-electron chi connectivity index (χ0n) is 12.5. The van der Waals surface area contributed by atoms with Crippen LogP contribution < -0.4 is 0 Å². The molecule has 0 bridgehead atoms. The highest BCUT2D eigenvalue weighted by Gasteiger charge is 2.40. The molecule has 1 aliphatic heterocycles. The Kier molecular flexibility index (Phi) is 4.48. The van der Waals surface area contributed by atoms with Gasteiger partial charge in [-0.15, -0.1) is 0 Å². The number of fused-ring (bicyclic) bond motifs is 1. The van der Waals surface area contributed by atoms with Crippen LogP contribution in [0.1, 0.15) is 44.9 Å². The van der Waals surface area contributed by atoms with Crippen LogP contribution in [0.15, 0.2) is 0 Å². The van der Waals surface area contributed by atoms with E-state index in [2.05, 4.69) is 0 Å². The lowest BCUT2D eigenvalue weighted by Crippen LogP contribution is -2.45. The van der Waals surface area contributed by atoms with Crippen LogP contribution in [0.25, 0.3) is 0 Å². The summed E-state index contributed by atoms with van der Waals surface area (Å²) in [6.45, 7) is -0.512. The summed E-state index contributed by atoms with van der Waals surface area (Å²) in [5, 5.41) is 0. The first-order valence-corrected chi connectivity index (χ1v) is 8.29. The van der Waals surface area contributed by atoms with Gasteiger partial charge in [0, 0.05) is 12.5 Å². The molecule has 5 heteroatoms. The highest BCUT2D eigenvalue weighted by Crippen LogP contribution is 2.43. The number of hydrogen-bond acceptors (Lipinski definition) is 2. The van der Waals surface area contributed by atoms with Gasteiger partial charge in [-0.3, -0.25) is 4.79 Å². The lowest BCUT2D eigenvalue weighted by molar-refractivity contribution is -0.142. The number of ether oxygens (including phenoxy) is 1. The van der Waals surface area contributed by atoms with Crippen molar-refractivity contribution in [2.45, 2.75) is 50.9 Å². The number of hydrogen-bond donors (Lipinski definition) is 0. The van der Waals surface area contributed by atoms with Crippen LogP contribution in [0.3, 0.4) is 0 Å². The predicted octanol–water partition coefficient (Wildman–Crippen LogP) is 3.09. The molecule has 21 heavy (non-hydrogen) atoms. The normalized spacial score (nSPS) is 36.7. The minimum atomic E-state index is -2.91. The Hall–Kier alpha value is -0.710. The maximum Gasteiger partial charge on any atom is 0.288 e. The van der Waals surface area contributed by atoms with E-state index in [9.17, 15) is 13.6 Å². The van der Waals surface area contributed by atoms with Gasteiger partial charge >= 0.3 is 0 Å². The molecular weight excluding hydrogens is 276 g/mol. The first-order chi connectivity index (χ1) is 10.1. The van der Waals surface area contributed by atoms with E-state index in [0.717, 1.165) is 25.2 Å². The second kappa shape index (κ2) is 6.19. The topological polar surface area (TPSA) is 29.5 Å². The van der Waals surface area contributed by atoms with E-state index in [0.29, 0.717) is 12.5 Å². The van der Waals surface area contributed by atoms with Gasteiger partial charge in [0.05, 0.1) is 13.2 Å². The Morgan fingerprint density at radius 3 is 2.67 bits per heavy atom. The van der Waals surface area contributed by atoms with Crippen molar-refractivity contribution in [3.63, 3.8) is 0 Å². The van der Waals surface area contributed by atoms with Crippen LogP contribution in [0.4, 0.5) is 8.78 Å². The first-order valence-electron chi connectivity index (χ1n) is 8.29. The molecule has 3 unspecified atom stereocenters. The Morgan fingerprint density at radius 1 is 1.10 bits per heavy atom. The lowest BCUT2D eigenvalue weighted by Gasteiger charge is -2.40. The van der Waals surface area contributed by atoms with Gasteiger partial charge in [0.15, 0.2) is 0 Å². The fourth-order valence-electron chi connectivity index (χ4n) is 4.34. The summed E-state index contributed by atoms with van der Waals surface area (Å²) in [5.74, 6) is -1.60. The average Bonchev–Trinajstić information content (AvgIpc) is 2.66. The van der Waals surface area contributed by atoms with E-state index in [1.807, 2.05) is 0 Å². The Bertz CT molecular complexity index is 388. The number of halogens is 2. The molecular formula is C16H25F2NO2. The number of amides is 1. The molecule has 120 valence electrons. The zero-order chi connectivity index (χ0) is 14.9. The third-order valence-corrected chi connectivity index (χ3v) is 5.44. The molecule has 3 nitrogen and oxygen atoms in total. The molecule has 1 amide bonds. The summed E-state index contributed by atoms with van der Waals surface area (Å²) >= 11 is 0. The van der Waals surface area contributed by atoms with E-state index >= 15 is 0 Å². The van der Waals surface area contributed by atoms with Gasteiger partial charge in [0.25, 0.3) is 5.92 Å². The number of carbonyl (C=O) groups is 1. The van der Waals surface area contributed by atoms with Crippen molar-refractivity contribution in [3.8, 4) is 0 Å². The Balaban J connectivity index is 1.61. The summed E-state index contributed by atoms with van der Waals surface area (Å²) < 4.78 is 32.1. The van der Waals surface area contributed by atoms with Crippen molar-refractivity contribution < 1.29 is 18.3 Å². The first kappa shape index (κ1) is 15.2. The third-order valence-electron chi connectivity index (χ3n) is 5.44. The minimum Gasteiger partial charge on any atom is -0.373 e. The molecule has 2 saturated carbocycles. The molecule has 3 aliphatic rings. The average molecular weight is 301 g/mol. The molecule has 0 spiro atoms. The van der Waals surface area contributed by atoms with Gasteiger partial charge in [-0.05, 0) is 31.1 Å². The van der Waals surface area contributed by atoms with Gasteiger partial charge in [-0.2, -0.15) is 0 Å². The summed E-state index contributed by atoms with van der Waals surface area (Å²) in [5.41, 5.74) is 0. The highest BCUT2D eigenvalue weighted by molar-refractivity contribution is 5.79. The van der Waals surface area contributed by atoms with Crippen LogP contribution in [-0.4, -0.2) is 43.0 Å². The van der Waals surface area contributed by atoms with Crippen LogP contribution in [-0.2, 0) is 9.53 Å².